The number of nitrogens with zero attached hydrogens (tertiary/aromatic N) is 3. The zero-order chi connectivity index (χ0) is 30.4. The van der Waals surface area contributed by atoms with Gasteiger partial charge in [-0.2, -0.15) is 0 Å². The van der Waals surface area contributed by atoms with Crippen LogP contribution in [-0.2, 0) is 34.4 Å². The van der Waals surface area contributed by atoms with E-state index < -0.39 is 86.7 Å². The van der Waals surface area contributed by atoms with Crippen molar-refractivity contribution in [1.29, 1.82) is 0 Å². The van der Waals surface area contributed by atoms with Crippen LogP contribution in [0.4, 0.5) is 5.82 Å². The van der Waals surface area contributed by atoms with Crippen LogP contribution in [0.5, 0.6) is 0 Å². The predicted molar refractivity (Wildman–Crippen MR) is 138 cm³/mol. The molecule has 0 spiro atoms. The number of thioether (sulfide) groups is 1. The zero-order valence-electron chi connectivity index (χ0n) is 22.4. The number of carbonyl (C=O) groups is 5. The molecule has 2 aromatic rings. The summed E-state index contributed by atoms with van der Waals surface area (Å²) in [4.78, 5) is 86.4. The number of ether oxygens (including phenoxy) is 2. The summed E-state index contributed by atoms with van der Waals surface area (Å²) in [5.41, 5.74) is -12.0. The molecule has 16 heteroatoms. The van der Waals surface area contributed by atoms with Crippen molar-refractivity contribution in [3.05, 3.63) is 22.0 Å². The number of amides is 1. The number of anilines is 1. The van der Waals surface area contributed by atoms with Gasteiger partial charge in [0.1, 0.15) is 17.1 Å². The monoisotopic (exact) mass is 580 g/mol. The highest BCUT2D eigenvalue weighted by molar-refractivity contribution is 7.98. The molecule has 4 N–H and O–H groups in total. The van der Waals surface area contributed by atoms with Crippen molar-refractivity contribution < 1.29 is 48.8 Å². The van der Waals surface area contributed by atoms with Crippen LogP contribution < -0.4 is 10.7 Å². The summed E-state index contributed by atoms with van der Waals surface area (Å²) in [7, 11) is 0. The second-order valence-electron chi connectivity index (χ2n) is 9.06. The van der Waals surface area contributed by atoms with E-state index in [9.17, 15) is 44.1 Å². The molecule has 1 aliphatic rings. The van der Waals surface area contributed by atoms with Crippen LogP contribution in [0, 0.1) is 0 Å². The molecule has 0 radical (unpaired) electrons. The van der Waals surface area contributed by atoms with Crippen LogP contribution in [0.25, 0.3) is 11.0 Å². The van der Waals surface area contributed by atoms with E-state index in [0.29, 0.717) is 10.8 Å². The molecule has 0 aliphatic carbocycles. The van der Waals surface area contributed by atoms with Gasteiger partial charge >= 0.3 is 5.97 Å². The van der Waals surface area contributed by atoms with E-state index >= 15 is 0 Å². The molecule has 2 aromatic heterocycles. The fraction of sp³-hybridized carbons (Fsp3) is 0.500. The van der Waals surface area contributed by atoms with E-state index in [1.807, 2.05) is 0 Å². The van der Waals surface area contributed by atoms with Gasteiger partial charge in [-0.05, 0) is 34.0 Å². The van der Waals surface area contributed by atoms with Gasteiger partial charge in [0.25, 0.3) is 0 Å². The van der Waals surface area contributed by atoms with E-state index in [1.165, 1.54) is 13.2 Å². The Labute approximate surface area is 230 Å². The maximum absolute atomic E-state index is 13.8. The maximum Gasteiger partial charge on any atom is 0.343 e. The lowest BCUT2D eigenvalue weighted by atomic mass is 9.70. The predicted octanol–water partition coefficient (Wildman–Crippen LogP) is -1.08. The van der Waals surface area contributed by atoms with Crippen molar-refractivity contribution in [2.24, 2.45) is 0 Å². The lowest BCUT2D eigenvalue weighted by Gasteiger charge is -2.44. The summed E-state index contributed by atoms with van der Waals surface area (Å²) in [6.45, 7) is 3.85. The first-order chi connectivity index (χ1) is 18.5. The van der Waals surface area contributed by atoms with Gasteiger partial charge in [0.05, 0.1) is 13.2 Å². The number of rotatable bonds is 9. The number of hydrogen-bond acceptors (Lipinski definition) is 14. The summed E-state index contributed by atoms with van der Waals surface area (Å²) in [5, 5.41) is 35.4. The van der Waals surface area contributed by atoms with Gasteiger partial charge in [0.15, 0.2) is 33.8 Å². The Morgan fingerprint density at radius 3 is 2.27 bits per heavy atom. The number of nitrogens with one attached hydrogen (secondary N) is 1. The lowest BCUT2D eigenvalue weighted by molar-refractivity contribution is -0.210. The fourth-order valence-corrected chi connectivity index (χ4v) is 4.98. The first kappa shape index (κ1) is 31.0. The van der Waals surface area contributed by atoms with Gasteiger partial charge in [-0.15, -0.1) is 0 Å². The number of aliphatic hydroxyl groups is 3. The van der Waals surface area contributed by atoms with Crippen molar-refractivity contribution in [2.75, 3.05) is 24.8 Å². The Bertz CT molecular complexity index is 1510. The van der Waals surface area contributed by atoms with Gasteiger partial charge < -0.3 is 30.1 Å². The smallest absolute Gasteiger partial charge is 0.343 e. The average Bonchev–Trinajstić information content (AvgIpc) is 3.13. The number of Topliss-reactive ketones (excluding diaryl/α,β-unsaturated/α-hetero) is 3. The SMILES string of the molecule is CCOC(=O)c1cn([C@@]2(C(=O)C(C)O)OC[C@@](O)(C(C)=O)[C@@]2(O)C(C)=O)c2nc(SC)nc(NC(C)=O)c2c1=O. The Kier molecular flexibility index (Phi) is 8.34. The highest BCUT2D eigenvalue weighted by Gasteiger charge is 2.78. The Balaban J connectivity index is 2.73. The van der Waals surface area contributed by atoms with Crippen LogP contribution in [0.1, 0.15) is 45.0 Å². The largest absolute Gasteiger partial charge is 0.462 e. The normalized spacial score (nSPS) is 24.9. The molecular formula is C24H28N4O11S. The summed E-state index contributed by atoms with van der Waals surface area (Å²) in [6, 6.07) is 0. The van der Waals surface area contributed by atoms with Gasteiger partial charge in [0, 0.05) is 13.1 Å². The van der Waals surface area contributed by atoms with E-state index in [0.717, 1.165) is 39.5 Å². The first-order valence-corrected chi connectivity index (χ1v) is 13.1. The summed E-state index contributed by atoms with van der Waals surface area (Å²) in [5.74, 6) is -6.23. The Morgan fingerprint density at radius 2 is 1.80 bits per heavy atom. The highest BCUT2D eigenvalue weighted by atomic mass is 32.2. The first-order valence-electron chi connectivity index (χ1n) is 11.8. The molecule has 3 rings (SSSR count). The van der Waals surface area contributed by atoms with E-state index in [-0.39, 0.29) is 11.8 Å². The Hall–Kier alpha value is -3.57. The number of carbonyl (C=O) groups excluding carboxylic acids is 5. The number of esters is 1. The van der Waals surface area contributed by atoms with E-state index in [2.05, 4.69) is 15.3 Å². The zero-order valence-corrected chi connectivity index (χ0v) is 23.2. The third-order valence-corrected chi connectivity index (χ3v) is 7.07. The number of aromatic nitrogens is 3. The topological polar surface area (TPSA) is 224 Å². The van der Waals surface area contributed by atoms with Crippen molar-refractivity contribution in [3.8, 4) is 0 Å². The summed E-state index contributed by atoms with van der Waals surface area (Å²) in [6.07, 6.45) is 0.242. The molecule has 1 unspecified atom stereocenters. The molecule has 15 nitrogen and oxygen atoms in total. The third kappa shape index (κ3) is 4.32. The minimum atomic E-state index is -3.42. The number of fused-ring (bicyclic) bond motifs is 1. The number of hydrogen-bond donors (Lipinski definition) is 4. The minimum Gasteiger partial charge on any atom is -0.462 e. The molecule has 1 fully saturated rings. The molecule has 0 bridgehead atoms. The van der Waals surface area contributed by atoms with Gasteiger partial charge in [0.2, 0.25) is 28.4 Å². The second kappa shape index (κ2) is 10.8. The van der Waals surface area contributed by atoms with Crippen molar-refractivity contribution in [2.45, 2.75) is 62.8 Å². The van der Waals surface area contributed by atoms with Crippen LogP contribution >= 0.6 is 11.8 Å². The van der Waals surface area contributed by atoms with Gasteiger partial charge in [-0.25, -0.2) is 14.8 Å². The third-order valence-electron chi connectivity index (χ3n) is 6.52. The number of pyridine rings is 1. The van der Waals surface area contributed by atoms with Gasteiger partial charge in [-0.3, -0.25) is 28.5 Å². The molecule has 3 heterocycles. The van der Waals surface area contributed by atoms with Crippen molar-refractivity contribution >= 4 is 57.8 Å². The van der Waals surface area contributed by atoms with Gasteiger partial charge in [-0.1, -0.05) is 11.8 Å². The molecule has 0 aromatic carbocycles. The molecule has 0 saturated carbocycles. The van der Waals surface area contributed by atoms with Crippen LogP contribution in [0.2, 0.25) is 0 Å². The minimum absolute atomic E-state index is 0.0841. The number of aliphatic hydroxyl groups excluding tert-OH is 1. The molecular weight excluding hydrogens is 552 g/mol. The van der Waals surface area contributed by atoms with Crippen LogP contribution in [0.3, 0.4) is 0 Å². The molecule has 4 atom stereocenters. The molecule has 1 amide bonds. The Morgan fingerprint density at radius 1 is 1.18 bits per heavy atom. The van der Waals surface area contributed by atoms with Crippen LogP contribution in [-0.4, -0.2) is 95.9 Å². The number of ketones is 3. The standard InChI is InChI=1S/C24H28N4O11S/c1-7-38-20(35)14-8-28(19-15(16(14)33)18(25-13(5)32)26-21(27-19)40-6)24(17(34)10(2)29)23(37,12(4)31)22(36,9-39-24)11(3)30/h8,10,29,36-37H,7,9H2,1-6H3,(H,25,26,27,32)/t10?,22-,23+,24+/m1/s1. The molecule has 1 saturated heterocycles. The molecule has 40 heavy (non-hydrogen) atoms. The van der Waals surface area contributed by atoms with E-state index in [4.69, 9.17) is 9.47 Å². The highest BCUT2D eigenvalue weighted by Crippen LogP contribution is 2.49. The maximum atomic E-state index is 13.8. The second-order valence-corrected chi connectivity index (χ2v) is 9.83. The van der Waals surface area contributed by atoms with E-state index in [1.54, 1.807) is 0 Å². The average molecular weight is 581 g/mol. The summed E-state index contributed by atoms with van der Waals surface area (Å²) < 4.78 is 11.2. The summed E-state index contributed by atoms with van der Waals surface area (Å²) >= 11 is 0.937. The van der Waals surface area contributed by atoms with Crippen molar-refractivity contribution in [3.63, 3.8) is 0 Å². The lowest BCUT2D eigenvalue weighted by Crippen LogP contribution is -2.72. The quantitative estimate of drug-likeness (QED) is 0.157. The molecule has 216 valence electrons. The van der Waals surface area contributed by atoms with Crippen molar-refractivity contribution in [1.82, 2.24) is 14.5 Å². The fourth-order valence-electron chi connectivity index (χ4n) is 4.62. The van der Waals surface area contributed by atoms with Crippen LogP contribution in [0.15, 0.2) is 16.1 Å². The molecule has 1 aliphatic heterocycles.